The monoisotopic (exact) mass is 446 g/mol. The van der Waals surface area contributed by atoms with E-state index < -0.39 is 0 Å². The van der Waals surface area contributed by atoms with Crippen molar-refractivity contribution in [3.63, 3.8) is 0 Å². The fraction of sp³-hybridized carbons (Fsp3) is 0.786. The summed E-state index contributed by atoms with van der Waals surface area (Å²) in [4.78, 5) is 3.27. The average molecular weight is 447 g/mol. The molecule has 0 radical (unpaired) electrons. The Kier molecular flexibility index (Phi) is 10.7. The molecule has 1 saturated carbocycles. The molecule has 2 heterocycles. The first-order valence-electron chi connectivity index (χ1n) is 13.2. The van der Waals surface area contributed by atoms with Crippen molar-refractivity contribution in [2.24, 2.45) is 11.8 Å². The van der Waals surface area contributed by atoms with Gasteiger partial charge in [0.2, 0.25) is 0 Å². The molecule has 1 aliphatic rings. The minimum absolute atomic E-state index is 0.762. The molecule has 0 spiro atoms. The summed E-state index contributed by atoms with van der Waals surface area (Å²) in [6.07, 6.45) is 22.9. The van der Waals surface area contributed by atoms with E-state index in [1.165, 1.54) is 103 Å². The lowest BCUT2D eigenvalue weighted by Gasteiger charge is -2.32. The molecule has 1 fully saturated rings. The largest absolute Gasteiger partial charge is 0.139 e. The van der Waals surface area contributed by atoms with Crippen LogP contribution < -0.4 is 0 Å². The zero-order valence-corrected chi connectivity index (χ0v) is 21.6. The third-order valence-electron chi connectivity index (χ3n) is 7.57. The van der Waals surface area contributed by atoms with Gasteiger partial charge in [-0.1, -0.05) is 97.8 Å². The Morgan fingerprint density at radius 3 is 2.10 bits per heavy atom. The van der Waals surface area contributed by atoms with Crippen LogP contribution in [-0.4, -0.2) is 0 Å². The van der Waals surface area contributed by atoms with Crippen LogP contribution in [0.2, 0.25) is 0 Å². The lowest BCUT2D eigenvalue weighted by atomic mass is 9.74. The molecule has 0 aliphatic heterocycles. The summed E-state index contributed by atoms with van der Waals surface area (Å²) < 4.78 is 3.11. The van der Waals surface area contributed by atoms with Crippen molar-refractivity contribution in [1.82, 2.24) is 0 Å². The van der Waals surface area contributed by atoms with E-state index in [9.17, 15) is 0 Å². The molecular formula is C28H46S2. The van der Waals surface area contributed by atoms with Gasteiger partial charge in [0.05, 0.1) is 0 Å². The molecule has 0 N–H and O–H groups in total. The first-order chi connectivity index (χ1) is 14.7. The van der Waals surface area contributed by atoms with Crippen LogP contribution in [0.25, 0.3) is 9.40 Å². The van der Waals surface area contributed by atoms with Crippen LogP contribution in [0.3, 0.4) is 0 Å². The number of fused-ring (bicyclic) bond motifs is 1. The van der Waals surface area contributed by atoms with Crippen LogP contribution in [-0.2, 0) is 6.42 Å². The molecule has 1 aliphatic carbocycles. The second-order valence-corrected chi connectivity index (χ2v) is 12.3. The molecule has 3 rings (SSSR count). The summed E-state index contributed by atoms with van der Waals surface area (Å²) in [7, 11) is 0. The van der Waals surface area contributed by atoms with E-state index in [2.05, 4.69) is 55.6 Å². The maximum atomic E-state index is 2.54. The molecule has 0 aromatic carbocycles. The van der Waals surface area contributed by atoms with Crippen LogP contribution in [0.1, 0.15) is 133 Å². The molecule has 2 heteroatoms. The van der Waals surface area contributed by atoms with E-state index in [4.69, 9.17) is 0 Å². The number of unbranched alkanes of at least 4 members (excludes halogenated alkanes) is 8. The van der Waals surface area contributed by atoms with Crippen molar-refractivity contribution in [2.45, 2.75) is 129 Å². The van der Waals surface area contributed by atoms with E-state index in [0.29, 0.717) is 0 Å². The maximum Gasteiger partial charge on any atom is 0.0456 e. The quantitative estimate of drug-likeness (QED) is 0.253. The number of thiophene rings is 2. The summed E-state index contributed by atoms with van der Waals surface area (Å²) in [5.41, 5.74) is 0. The Labute approximate surface area is 194 Å². The average Bonchev–Trinajstić information content (AvgIpc) is 3.32. The maximum absolute atomic E-state index is 2.54. The van der Waals surface area contributed by atoms with Crippen LogP contribution >= 0.6 is 22.7 Å². The van der Waals surface area contributed by atoms with Gasteiger partial charge in [0.15, 0.2) is 0 Å². The lowest BCUT2D eigenvalue weighted by Crippen LogP contribution is -2.18. The standard InChI is InChI=1S/C28H46S2/c1-4-6-8-9-10-11-13-14-23-16-18-24(19-17-23)22(3)26-21-28-27(30-26)20-25(29-28)15-12-7-5-2/h20-24H,4-19H2,1-3H3. The van der Waals surface area contributed by atoms with Crippen molar-refractivity contribution in [3.05, 3.63) is 21.9 Å². The molecule has 2 aromatic rings. The summed E-state index contributed by atoms with van der Waals surface area (Å²) >= 11 is 4.16. The molecule has 170 valence electrons. The fourth-order valence-electron chi connectivity index (χ4n) is 5.40. The topological polar surface area (TPSA) is 0 Å². The van der Waals surface area contributed by atoms with Gasteiger partial charge < -0.3 is 0 Å². The molecule has 1 unspecified atom stereocenters. The third kappa shape index (κ3) is 7.37. The lowest BCUT2D eigenvalue weighted by molar-refractivity contribution is 0.237. The van der Waals surface area contributed by atoms with Gasteiger partial charge >= 0.3 is 0 Å². The Morgan fingerprint density at radius 2 is 1.40 bits per heavy atom. The normalized spacial score (nSPS) is 20.8. The molecule has 0 saturated heterocycles. The third-order valence-corrected chi connectivity index (χ3v) is 10.1. The smallest absolute Gasteiger partial charge is 0.0456 e. The number of hydrogen-bond acceptors (Lipinski definition) is 2. The Balaban J connectivity index is 1.37. The molecule has 0 nitrogen and oxygen atoms in total. The minimum Gasteiger partial charge on any atom is -0.139 e. The summed E-state index contributed by atoms with van der Waals surface area (Å²) in [5, 5.41) is 0. The van der Waals surface area contributed by atoms with Crippen LogP contribution in [0, 0.1) is 11.8 Å². The first kappa shape index (κ1) is 24.3. The van der Waals surface area contributed by atoms with E-state index >= 15 is 0 Å². The second-order valence-electron chi connectivity index (χ2n) is 10.0. The summed E-state index contributed by atoms with van der Waals surface area (Å²) in [6.45, 7) is 7.12. The van der Waals surface area contributed by atoms with Gasteiger partial charge in [-0.15, -0.1) is 22.7 Å². The van der Waals surface area contributed by atoms with Crippen molar-refractivity contribution in [2.75, 3.05) is 0 Å². The van der Waals surface area contributed by atoms with Gasteiger partial charge in [0, 0.05) is 19.2 Å². The highest BCUT2D eigenvalue weighted by Gasteiger charge is 2.27. The van der Waals surface area contributed by atoms with Gasteiger partial charge in [0.25, 0.3) is 0 Å². The fourth-order valence-corrected chi connectivity index (χ4v) is 8.02. The van der Waals surface area contributed by atoms with Crippen molar-refractivity contribution < 1.29 is 0 Å². The zero-order chi connectivity index (χ0) is 21.2. The molecule has 0 amide bonds. The predicted molar refractivity (Wildman–Crippen MR) is 139 cm³/mol. The Hall–Kier alpha value is -0.340. The number of aryl methyl sites for hydroxylation is 1. The van der Waals surface area contributed by atoms with Crippen molar-refractivity contribution in [3.8, 4) is 0 Å². The first-order valence-corrected chi connectivity index (χ1v) is 14.9. The van der Waals surface area contributed by atoms with Crippen LogP contribution in [0.15, 0.2) is 12.1 Å². The predicted octanol–water partition coefficient (Wildman–Crippen LogP) is 10.7. The van der Waals surface area contributed by atoms with Gasteiger partial charge in [-0.25, -0.2) is 0 Å². The number of hydrogen-bond donors (Lipinski definition) is 0. The highest BCUT2D eigenvalue weighted by molar-refractivity contribution is 7.27. The molecule has 30 heavy (non-hydrogen) atoms. The van der Waals surface area contributed by atoms with E-state index in [-0.39, 0.29) is 0 Å². The van der Waals surface area contributed by atoms with Crippen LogP contribution in [0.5, 0.6) is 0 Å². The summed E-state index contributed by atoms with van der Waals surface area (Å²) in [6, 6.07) is 5.04. The van der Waals surface area contributed by atoms with Crippen LogP contribution in [0.4, 0.5) is 0 Å². The molecule has 0 bridgehead atoms. The highest BCUT2D eigenvalue weighted by atomic mass is 32.1. The number of rotatable bonds is 14. The van der Waals surface area contributed by atoms with Gasteiger partial charge in [-0.2, -0.15) is 0 Å². The Morgan fingerprint density at radius 1 is 0.767 bits per heavy atom. The van der Waals surface area contributed by atoms with E-state index in [1.807, 2.05) is 0 Å². The van der Waals surface area contributed by atoms with Gasteiger partial charge in [0.1, 0.15) is 0 Å². The molecular weight excluding hydrogens is 400 g/mol. The Bertz CT molecular complexity index is 670. The van der Waals surface area contributed by atoms with Gasteiger partial charge in [-0.3, -0.25) is 0 Å². The minimum atomic E-state index is 0.762. The highest BCUT2D eigenvalue weighted by Crippen LogP contribution is 2.44. The molecule has 1 atom stereocenters. The molecule has 2 aromatic heterocycles. The second kappa shape index (κ2) is 13.3. The van der Waals surface area contributed by atoms with Crippen molar-refractivity contribution >= 4 is 32.1 Å². The SMILES string of the molecule is CCCCCCCCCC1CCC(C(C)c2cc3sc(CCCCC)cc3s2)CC1. The van der Waals surface area contributed by atoms with Crippen molar-refractivity contribution in [1.29, 1.82) is 0 Å². The zero-order valence-electron chi connectivity index (χ0n) is 20.0. The summed E-state index contributed by atoms with van der Waals surface area (Å²) in [5.74, 6) is 2.71. The van der Waals surface area contributed by atoms with Gasteiger partial charge in [-0.05, 0) is 55.6 Å². The van der Waals surface area contributed by atoms with E-state index in [1.54, 1.807) is 19.2 Å². The van der Waals surface area contributed by atoms with E-state index in [0.717, 1.165) is 17.8 Å².